The van der Waals surface area contributed by atoms with Gasteiger partial charge < -0.3 is 9.92 Å². The monoisotopic (exact) mass is 445 g/mol. The summed E-state index contributed by atoms with van der Waals surface area (Å²) in [5, 5.41) is 4.65. The molecule has 1 unspecified atom stereocenters. The van der Waals surface area contributed by atoms with Crippen LogP contribution in [0.3, 0.4) is 0 Å². The van der Waals surface area contributed by atoms with E-state index in [0.29, 0.717) is 12.1 Å². The van der Waals surface area contributed by atoms with Crippen molar-refractivity contribution in [2.75, 3.05) is 12.0 Å². The lowest BCUT2D eigenvalue weighted by Crippen LogP contribution is -2.33. The predicted octanol–water partition coefficient (Wildman–Crippen LogP) is 5.21. The Kier molecular flexibility index (Phi) is 7.16. The number of imidazole rings is 1. The summed E-state index contributed by atoms with van der Waals surface area (Å²) in [5.41, 5.74) is 10.6. The van der Waals surface area contributed by atoms with Gasteiger partial charge in [-0.1, -0.05) is 27.7 Å². The van der Waals surface area contributed by atoms with Gasteiger partial charge in [0.05, 0.1) is 29.7 Å². The molecule has 2 heterocycles. The molecule has 0 saturated heterocycles. The second kappa shape index (κ2) is 9.33. The molecule has 0 bridgehead atoms. The van der Waals surface area contributed by atoms with Gasteiger partial charge >= 0.3 is 0 Å². The average molecular weight is 446 g/mol. The van der Waals surface area contributed by atoms with E-state index in [4.69, 9.17) is 14.9 Å². The van der Waals surface area contributed by atoms with Crippen LogP contribution in [0.2, 0.25) is 0 Å². The van der Waals surface area contributed by atoms with Gasteiger partial charge in [0, 0.05) is 28.3 Å². The van der Waals surface area contributed by atoms with Crippen LogP contribution in [-0.4, -0.2) is 49.7 Å². The Labute approximate surface area is 188 Å². The van der Waals surface area contributed by atoms with Crippen molar-refractivity contribution in [3.63, 3.8) is 0 Å². The minimum atomic E-state index is -1.08. The number of hydrogen-bond acceptors (Lipinski definition) is 5. The summed E-state index contributed by atoms with van der Waals surface area (Å²) in [7, 11) is -1.08. The number of nitrogens with zero attached hydrogens (tertiary/aromatic N) is 4. The molecule has 0 aromatic carbocycles. The summed E-state index contributed by atoms with van der Waals surface area (Å²) in [5.74, 6) is 1.10. The Morgan fingerprint density at radius 2 is 1.97 bits per heavy atom. The highest BCUT2D eigenvalue weighted by atomic mass is 32.3. The van der Waals surface area contributed by atoms with Crippen molar-refractivity contribution in [2.45, 2.75) is 84.1 Å². The standard InChI is InChI=1S/C24H39N5OS/c1-8-31(7,24(4,5)6)30-21-11-9-20(10-12-21)26-16-19(14-25)22-13-23-27-15-17(2)29(23)28-18(22)3/h13-16,20-21H,8-12,25H2,1-7H3/b19-14+,26-16?. The summed E-state index contributed by atoms with van der Waals surface area (Å²) in [4.78, 5) is 9.30. The summed E-state index contributed by atoms with van der Waals surface area (Å²) < 4.78 is 8.76. The molecule has 0 radical (unpaired) electrons. The zero-order valence-electron chi connectivity index (χ0n) is 20.2. The van der Waals surface area contributed by atoms with Crippen molar-refractivity contribution < 1.29 is 4.18 Å². The molecule has 3 rings (SSSR count). The maximum atomic E-state index is 6.70. The first kappa shape index (κ1) is 23.8. The quantitative estimate of drug-likeness (QED) is 0.619. The largest absolute Gasteiger partial charge is 0.404 e. The molecule has 1 aliphatic rings. The number of aliphatic imine (C=N–C) groups is 1. The third kappa shape index (κ3) is 5.14. The Balaban J connectivity index is 1.65. The summed E-state index contributed by atoms with van der Waals surface area (Å²) in [6.07, 6.45) is 12.3. The minimum Gasteiger partial charge on any atom is -0.404 e. The van der Waals surface area contributed by atoms with E-state index in [2.05, 4.69) is 44.0 Å². The molecule has 2 aromatic rings. The fraction of sp³-hybridized carbons (Fsp3) is 0.625. The molecule has 1 aliphatic carbocycles. The van der Waals surface area contributed by atoms with E-state index in [1.165, 1.54) is 0 Å². The van der Waals surface area contributed by atoms with Crippen molar-refractivity contribution in [1.29, 1.82) is 0 Å². The van der Waals surface area contributed by atoms with Crippen LogP contribution in [0.4, 0.5) is 0 Å². The fourth-order valence-electron chi connectivity index (χ4n) is 4.03. The topological polar surface area (TPSA) is 77.8 Å². The molecular formula is C24H39N5OS. The van der Waals surface area contributed by atoms with Gasteiger partial charge in [0.15, 0.2) is 5.65 Å². The molecule has 7 heteroatoms. The zero-order valence-corrected chi connectivity index (χ0v) is 21.0. The lowest BCUT2D eigenvalue weighted by atomic mass is 9.93. The molecule has 172 valence electrons. The Morgan fingerprint density at radius 1 is 1.29 bits per heavy atom. The van der Waals surface area contributed by atoms with Gasteiger partial charge in [-0.2, -0.15) is 5.10 Å². The number of allylic oxidation sites excluding steroid dienone is 1. The Hall–Kier alpha value is -1.86. The van der Waals surface area contributed by atoms with Crippen LogP contribution in [0.25, 0.3) is 11.2 Å². The number of nitrogens with two attached hydrogens (primary N) is 1. The number of rotatable bonds is 6. The molecule has 1 fully saturated rings. The first-order chi connectivity index (χ1) is 14.6. The molecule has 6 nitrogen and oxygen atoms in total. The minimum absolute atomic E-state index is 0.206. The average Bonchev–Trinajstić information content (AvgIpc) is 3.08. The molecule has 1 atom stereocenters. The van der Waals surface area contributed by atoms with Crippen LogP contribution in [0.1, 0.15) is 70.3 Å². The molecule has 0 amide bonds. The maximum Gasteiger partial charge on any atom is 0.154 e. The predicted molar refractivity (Wildman–Crippen MR) is 134 cm³/mol. The van der Waals surface area contributed by atoms with Crippen molar-refractivity contribution in [3.05, 3.63) is 35.4 Å². The van der Waals surface area contributed by atoms with Gasteiger partial charge in [0.2, 0.25) is 0 Å². The normalized spacial score (nSPS) is 23.9. The second-order valence-corrected chi connectivity index (χ2v) is 13.7. The van der Waals surface area contributed by atoms with Gasteiger partial charge in [-0.3, -0.25) is 4.99 Å². The maximum absolute atomic E-state index is 6.70. The van der Waals surface area contributed by atoms with Crippen LogP contribution < -0.4 is 5.73 Å². The van der Waals surface area contributed by atoms with Crippen LogP contribution in [-0.2, 0) is 4.18 Å². The number of aryl methyl sites for hydroxylation is 2. The molecule has 1 saturated carbocycles. The summed E-state index contributed by atoms with van der Waals surface area (Å²) in [6, 6.07) is 2.35. The van der Waals surface area contributed by atoms with E-state index >= 15 is 0 Å². The SMILES string of the molecule is CCS(C)(OC1CCC(N=C/C(=C\N)c2cc3ncc(C)n3nc2C)CC1)C(C)(C)C. The van der Waals surface area contributed by atoms with Crippen molar-refractivity contribution in [1.82, 2.24) is 14.6 Å². The summed E-state index contributed by atoms with van der Waals surface area (Å²) in [6.45, 7) is 13.2. The van der Waals surface area contributed by atoms with Crippen LogP contribution in [0.5, 0.6) is 0 Å². The van der Waals surface area contributed by atoms with E-state index in [9.17, 15) is 0 Å². The molecule has 0 spiro atoms. The van der Waals surface area contributed by atoms with E-state index in [-0.39, 0.29) is 4.75 Å². The Bertz CT molecular complexity index is 966. The first-order valence-corrected chi connectivity index (χ1v) is 13.4. The van der Waals surface area contributed by atoms with E-state index in [1.807, 2.05) is 36.8 Å². The molecular weight excluding hydrogens is 406 g/mol. The summed E-state index contributed by atoms with van der Waals surface area (Å²) >= 11 is 0. The first-order valence-electron chi connectivity index (χ1n) is 11.3. The van der Waals surface area contributed by atoms with Gasteiger partial charge in [0.25, 0.3) is 0 Å². The van der Waals surface area contributed by atoms with Gasteiger partial charge in [-0.05, 0) is 57.6 Å². The highest BCUT2D eigenvalue weighted by Gasteiger charge is 2.35. The molecule has 2 N–H and O–H groups in total. The van der Waals surface area contributed by atoms with E-state index in [1.54, 1.807) is 6.20 Å². The highest BCUT2D eigenvalue weighted by molar-refractivity contribution is 8.30. The molecule has 0 aliphatic heterocycles. The number of aromatic nitrogens is 3. The van der Waals surface area contributed by atoms with Crippen molar-refractivity contribution >= 4 is 27.7 Å². The van der Waals surface area contributed by atoms with Gasteiger partial charge in [-0.15, -0.1) is 10.3 Å². The van der Waals surface area contributed by atoms with Crippen LogP contribution in [0.15, 0.2) is 23.5 Å². The lowest BCUT2D eigenvalue weighted by molar-refractivity contribution is 0.164. The third-order valence-corrected chi connectivity index (χ3v) is 11.0. The molecule has 31 heavy (non-hydrogen) atoms. The highest BCUT2D eigenvalue weighted by Crippen LogP contribution is 2.58. The van der Waals surface area contributed by atoms with Gasteiger partial charge in [0.1, 0.15) is 0 Å². The van der Waals surface area contributed by atoms with Crippen LogP contribution >= 0.6 is 10.3 Å². The number of fused-ring (bicyclic) bond motifs is 1. The van der Waals surface area contributed by atoms with E-state index in [0.717, 1.165) is 59.6 Å². The number of hydrogen-bond donors (Lipinski definition) is 1. The molecule has 2 aromatic heterocycles. The fourth-order valence-corrected chi connectivity index (χ4v) is 6.12. The van der Waals surface area contributed by atoms with Crippen molar-refractivity contribution in [2.24, 2.45) is 10.7 Å². The van der Waals surface area contributed by atoms with Gasteiger partial charge in [-0.25, -0.2) is 9.50 Å². The zero-order chi connectivity index (χ0) is 22.8. The van der Waals surface area contributed by atoms with Crippen LogP contribution in [0, 0.1) is 13.8 Å². The smallest absolute Gasteiger partial charge is 0.154 e. The third-order valence-electron chi connectivity index (χ3n) is 6.60. The lowest BCUT2D eigenvalue weighted by Gasteiger charge is -2.49. The van der Waals surface area contributed by atoms with E-state index < -0.39 is 10.3 Å². The Morgan fingerprint density at radius 3 is 2.55 bits per heavy atom. The second-order valence-electron chi connectivity index (χ2n) is 9.65. The van der Waals surface area contributed by atoms with Crippen molar-refractivity contribution in [3.8, 4) is 0 Å².